The van der Waals surface area contributed by atoms with Crippen molar-refractivity contribution in [2.45, 2.75) is 33.2 Å². The molecule has 1 fully saturated rings. The largest absolute Gasteiger partial charge is 0.451 e. The fourth-order valence-electron chi connectivity index (χ4n) is 5.41. The van der Waals surface area contributed by atoms with E-state index >= 15 is 0 Å². The minimum absolute atomic E-state index is 0.00140. The van der Waals surface area contributed by atoms with Gasteiger partial charge in [0, 0.05) is 61.7 Å². The fraction of sp³-hybridized carbons (Fsp3) is 0.355. The second kappa shape index (κ2) is 11.8. The number of nitrogens with one attached hydrogen (secondary N) is 1. The summed E-state index contributed by atoms with van der Waals surface area (Å²) in [4.78, 5) is 29.3. The topological polar surface area (TPSA) is 96.7 Å². The molecule has 0 atom stereocenters. The monoisotopic (exact) mass is 527 g/mol. The van der Waals surface area contributed by atoms with E-state index in [0.29, 0.717) is 12.1 Å². The van der Waals surface area contributed by atoms with Gasteiger partial charge in [0.05, 0.1) is 5.56 Å². The van der Waals surface area contributed by atoms with Crippen molar-refractivity contribution in [3.05, 3.63) is 77.7 Å². The molecule has 0 aliphatic carbocycles. The number of anilines is 1. The molecule has 0 radical (unpaired) electrons. The highest BCUT2D eigenvalue weighted by atomic mass is 16.3. The number of carbonyl (C=O) groups is 2. The zero-order valence-electron chi connectivity index (χ0n) is 22.8. The molecule has 0 spiro atoms. The summed E-state index contributed by atoms with van der Waals surface area (Å²) in [5.41, 5.74) is 11.1. The van der Waals surface area contributed by atoms with Crippen LogP contribution in [0.5, 0.6) is 0 Å². The average Bonchev–Trinajstić information content (AvgIpc) is 3.53. The third kappa shape index (κ3) is 5.86. The van der Waals surface area contributed by atoms with Gasteiger partial charge in [0.2, 0.25) is 0 Å². The molecule has 4 aromatic rings. The van der Waals surface area contributed by atoms with Crippen LogP contribution >= 0.6 is 0 Å². The van der Waals surface area contributed by atoms with Gasteiger partial charge < -0.3 is 24.9 Å². The van der Waals surface area contributed by atoms with Crippen molar-refractivity contribution in [1.82, 2.24) is 14.8 Å². The molecule has 3 N–H and O–H groups in total. The van der Waals surface area contributed by atoms with Crippen LogP contribution in [-0.4, -0.2) is 60.5 Å². The quantitative estimate of drug-likeness (QED) is 0.293. The molecule has 0 saturated carbocycles. The second-order valence-corrected chi connectivity index (χ2v) is 10.2. The van der Waals surface area contributed by atoms with Crippen LogP contribution in [0.2, 0.25) is 0 Å². The Morgan fingerprint density at radius 3 is 2.46 bits per heavy atom. The van der Waals surface area contributed by atoms with Gasteiger partial charge in [-0.05, 0) is 62.2 Å². The number of nitrogens with two attached hydrogens (primary N) is 1. The Hall–Kier alpha value is -4.04. The molecule has 1 aliphatic heterocycles. The third-order valence-electron chi connectivity index (χ3n) is 7.54. The van der Waals surface area contributed by atoms with E-state index in [0.717, 1.165) is 85.7 Å². The van der Waals surface area contributed by atoms with Crippen LogP contribution in [0.1, 0.15) is 46.4 Å². The number of rotatable bonds is 10. The van der Waals surface area contributed by atoms with Crippen LogP contribution in [0.25, 0.3) is 22.2 Å². The molecule has 2 amide bonds. The predicted octanol–water partition coefficient (Wildman–Crippen LogP) is 4.66. The second-order valence-electron chi connectivity index (χ2n) is 10.2. The molecule has 2 aromatic heterocycles. The summed E-state index contributed by atoms with van der Waals surface area (Å²) in [5.74, 6) is -0.373. The zero-order chi connectivity index (χ0) is 27.4. The molecular weight excluding hydrogens is 490 g/mol. The van der Waals surface area contributed by atoms with Crippen molar-refractivity contribution >= 4 is 28.5 Å². The van der Waals surface area contributed by atoms with Gasteiger partial charge in [0.25, 0.3) is 11.8 Å². The minimum Gasteiger partial charge on any atom is -0.451 e. The molecule has 0 unspecified atom stereocenters. The molecule has 2 aromatic carbocycles. The summed E-state index contributed by atoms with van der Waals surface area (Å²) in [6, 6.07) is 20.0. The number of aromatic nitrogens is 1. The number of nitrogens with zero attached hydrogens (tertiary/aromatic N) is 3. The Morgan fingerprint density at radius 1 is 0.974 bits per heavy atom. The zero-order valence-corrected chi connectivity index (χ0v) is 22.8. The van der Waals surface area contributed by atoms with E-state index in [1.54, 1.807) is 6.07 Å². The maximum Gasteiger partial charge on any atom is 0.284 e. The van der Waals surface area contributed by atoms with Crippen LogP contribution in [0, 0.1) is 6.92 Å². The van der Waals surface area contributed by atoms with Crippen molar-refractivity contribution in [2.24, 2.45) is 5.73 Å². The van der Waals surface area contributed by atoms with Gasteiger partial charge >= 0.3 is 0 Å². The maximum absolute atomic E-state index is 13.1. The lowest BCUT2D eigenvalue weighted by molar-refractivity contribution is 0.0948. The smallest absolute Gasteiger partial charge is 0.284 e. The Morgan fingerprint density at radius 2 is 1.74 bits per heavy atom. The van der Waals surface area contributed by atoms with Crippen molar-refractivity contribution < 1.29 is 14.0 Å². The van der Waals surface area contributed by atoms with Crippen LogP contribution in [0.15, 0.2) is 65.1 Å². The van der Waals surface area contributed by atoms with Crippen LogP contribution in [0.4, 0.5) is 5.69 Å². The lowest BCUT2D eigenvalue weighted by Gasteiger charge is -2.36. The molecule has 0 bridgehead atoms. The summed E-state index contributed by atoms with van der Waals surface area (Å²) in [7, 11) is 0. The van der Waals surface area contributed by atoms with E-state index in [4.69, 9.17) is 10.2 Å². The number of carbonyl (C=O) groups excluding carboxylic acids is 2. The van der Waals surface area contributed by atoms with E-state index in [1.807, 2.05) is 43.3 Å². The van der Waals surface area contributed by atoms with Crippen LogP contribution in [-0.2, 0) is 6.54 Å². The maximum atomic E-state index is 13.1. The molecule has 1 aliphatic rings. The van der Waals surface area contributed by atoms with E-state index in [1.165, 1.54) is 0 Å². The molecule has 204 valence electrons. The summed E-state index contributed by atoms with van der Waals surface area (Å²) >= 11 is 0. The highest BCUT2D eigenvalue weighted by molar-refractivity contribution is 5.97. The number of amides is 2. The first kappa shape index (κ1) is 26.6. The van der Waals surface area contributed by atoms with Crippen LogP contribution in [0.3, 0.4) is 0 Å². The summed E-state index contributed by atoms with van der Waals surface area (Å²) in [5, 5.41) is 4.03. The first-order valence-electron chi connectivity index (χ1n) is 13.8. The Balaban J connectivity index is 1.11. The van der Waals surface area contributed by atoms with Gasteiger partial charge in [0.15, 0.2) is 5.76 Å². The highest BCUT2D eigenvalue weighted by Gasteiger charge is 2.20. The molecule has 8 nitrogen and oxygen atoms in total. The van der Waals surface area contributed by atoms with Crippen molar-refractivity contribution in [3.8, 4) is 11.3 Å². The SMILES string of the molecule is CCCn1c(-c2ccccc2)cc(C(=O)NCCCN2CCN(c3ccc4oc(C(N)=O)cc4c3)CC2)c1C. The first-order valence-corrected chi connectivity index (χ1v) is 13.8. The highest BCUT2D eigenvalue weighted by Crippen LogP contribution is 2.27. The summed E-state index contributed by atoms with van der Waals surface area (Å²) < 4.78 is 7.76. The van der Waals surface area contributed by atoms with Crippen LogP contribution < -0.4 is 16.0 Å². The Kier molecular flexibility index (Phi) is 8.02. The van der Waals surface area contributed by atoms with Gasteiger partial charge in [0.1, 0.15) is 5.58 Å². The molecule has 3 heterocycles. The normalized spacial score (nSPS) is 14.2. The lowest BCUT2D eigenvalue weighted by atomic mass is 10.1. The fourth-order valence-corrected chi connectivity index (χ4v) is 5.41. The Bertz CT molecular complexity index is 1450. The lowest BCUT2D eigenvalue weighted by Crippen LogP contribution is -2.47. The number of hydrogen-bond donors (Lipinski definition) is 2. The van der Waals surface area contributed by atoms with E-state index in [2.05, 4.69) is 44.8 Å². The first-order chi connectivity index (χ1) is 18.9. The van der Waals surface area contributed by atoms with Gasteiger partial charge in [-0.25, -0.2) is 0 Å². The van der Waals surface area contributed by atoms with E-state index in [9.17, 15) is 9.59 Å². The number of furan rings is 1. The van der Waals surface area contributed by atoms with Gasteiger partial charge in [-0.3, -0.25) is 14.5 Å². The van der Waals surface area contributed by atoms with Gasteiger partial charge in [-0.1, -0.05) is 37.3 Å². The molecular formula is C31H37N5O3. The number of primary amides is 1. The van der Waals surface area contributed by atoms with Crippen molar-refractivity contribution in [3.63, 3.8) is 0 Å². The predicted molar refractivity (Wildman–Crippen MR) is 155 cm³/mol. The van der Waals surface area contributed by atoms with Gasteiger partial charge in [-0.15, -0.1) is 0 Å². The van der Waals surface area contributed by atoms with Crippen molar-refractivity contribution in [2.75, 3.05) is 44.2 Å². The molecule has 39 heavy (non-hydrogen) atoms. The van der Waals surface area contributed by atoms with Gasteiger partial charge in [-0.2, -0.15) is 0 Å². The standard InChI is InChI=1S/C31H37N5O3/c1-3-13-36-22(2)26(21-27(36)23-8-5-4-6-9-23)31(38)33-12-7-14-34-15-17-35(18-16-34)25-10-11-28-24(19-25)20-29(39-28)30(32)37/h4-6,8-11,19-21H,3,7,12-18H2,1-2H3,(H2,32,37)(H,33,38). The summed E-state index contributed by atoms with van der Waals surface area (Å²) in [6.45, 7) is 10.5. The van der Waals surface area contributed by atoms with E-state index in [-0.39, 0.29) is 11.7 Å². The average molecular weight is 528 g/mol. The number of piperazine rings is 1. The number of fused-ring (bicyclic) bond motifs is 1. The minimum atomic E-state index is -0.556. The molecule has 1 saturated heterocycles. The number of benzene rings is 2. The van der Waals surface area contributed by atoms with Crippen molar-refractivity contribution in [1.29, 1.82) is 0 Å². The molecule has 5 rings (SSSR count). The molecule has 8 heteroatoms. The third-order valence-corrected chi connectivity index (χ3v) is 7.54. The Labute approximate surface area is 229 Å². The number of hydrogen-bond acceptors (Lipinski definition) is 5. The summed E-state index contributed by atoms with van der Waals surface area (Å²) in [6.07, 6.45) is 1.92. The van der Waals surface area contributed by atoms with E-state index < -0.39 is 5.91 Å².